The number of nitrogens with one attached hydrogen (secondary N) is 1. The summed E-state index contributed by atoms with van der Waals surface area (Å²) in [5.74, 6) is 2.44. The second-order valence-electron chi connectivity index (χ2n) is 11.9. The number of amides is 1. The van der Waals surface area contributed by atoms with Crippen molar-refractivity contribution in [3.8, 4) is 0 Å². The number of rotatable bonds is 7. The molecule has 0 spiro atoms. The Kier molecular flexibility index (Phi) is 7.02. The van der Waals surface area contributed by atoms with Crippen LogP contribution in [0.15, 0.2) is 0 Å². The summed E-state index contributed by atoms with van der Waals surface area (Å²) in [5.41, 5.74) is 0.684. The van der Waals surface area contributed by atoms with Crippen molar-refractivity contribution in [2.45, 2.75) is 97.0 Å². The van der Waals surface area contributed by atoms with E-state index in [1.165, 1.54) is 51.4 Å². The molecule has 4 aliphatic carbocycles. The second-order valence-corrected chi connectivity index (χ2v) is 13.5. The first-order valence-electron chi connectivity index (χ1n) is 12.9. The van der Waals surface area contributed by atoms with Crippen molar-refractivity contribution in [3.63, 3.8) is 0 Å². The van der Waals surface area contributed by atoms with Gasteiger partial charge >= 0.3 is 0 Å². The Morgan fingerprint density at radius 2 is 1.78 bits per heavy atom. The normalized spacial score (nSPS) is 43.8. The molecule has 32 heavy (non-hydrogen) atoms. The zero-order valence-electron chi connectivity index (χ0n) is 19.9. The molecule has 1 amide bonds. The Balaban J connectivity index is 1.34. The summed E-state index contributed by atoms with van der Waals surface area (Å²) < 4.78 is 30.3. The molecule has 3 N–H and O–H groups in total. The predicted octanol–water partition coefficient (Wildman–Crippen LogP) is 4.18. The van der Waals surface area contributed by atoms with Crippen molar-refractivity contribution >= 4 is 16.0 Å². The van der Waals surface area contributed by atoms with Gasteiger partial charge in [0.25, 0.3) is 10.1 Å². The van der Waals surface area contributed by atoms with E-state index in [0.29, 0.717) is 41.4 Å². The third-order valence-electron chi connectivity index (χ3n) is 10.4. The van der Waals surface area contributed by atoms with Crippen LogP contribution in [0, 0.1) is 40.4 Å². The largest absolute Gasteiger partial charge is 0.393 e. The van der Waals surface area contributed by atoms with Crippen LogP contribution in [-0.2, 0) is 14.9 Å². The van der Waals surface area contributed by atoms with Crippen LogP contribution in [0.1, 0.15) is 90.9 Å². The minimum atomic E-state index is -4.04. The molecule has 0 aromatic rings. The molecule has 0 bridgehead atoms. The number of aliphatic hydroxyl groups is 1. The number of hydrogen-bond donors (Lipinski definition) is 3. The van der Waals surface area contributed by atoms with Gasteiger partial charge in [-0.1, -0.05) is 26.7 Å². The highest BCUT2D eigenvalue weighted by Crippen LogP contribution is 2.67. The summed E-state index contributed by atoms with van der Waals surface area (Å²) in [6, 6.07) is 0. The van der Waals surface area contributed by atoms with Crippen LogP contribution in [0.2, 0.25) is 0 Å². The van der Waals surface area contributed by atoms with Crippen LogP contribution in [0.3, 0.4) is 0 Å². The van der Waals surface area contributed by atoms with Crippen molar-refractivity contribution in [2.75, 3.05) is 12.3 Å². The van der Waals surface area contributed by atoms with Gasteiger partial charge in [-0.25, -0.2) is 0 Å². The first-order valence-corrected chi connectivity index (χ1v) is 14.6. The van der Waals surface area contributed by atoms with Crippen molar-refractivity contribution < 1.29 is 22.9 Å². The van der Waals surface area contributed by atoms with Crippen LogP contribution in [0.5, 0.6) is 0 Å². The van der Waals surface area contributed by atoms with Gasteiger partial charge in [-0.2, -0.15) is 8.42 Å². The maximum absolute atomic E-state index is 12.0. The molecule has 0 saturated heterocycles. The van der Waals surface area contributed by atoms with Crippen molar-refractivity contribution in [1.82, 2.24) is 5.32 Å². The van der Waals surface area contributed by atoms with Crippen LogP contribution in [0.4, 0.5) is 0 Å². The van der Waals surface area contributed by atoms with Gasteiger partial charge in [-0.05, 0) is 98.2 Å². The average Bonchev–Trinajstić information content (AvgIpc) is 3.04. The third kappa shape index (κ3) is 4.63. The van der Waals surface area contributed by atoms with E-state index in [4.69, 9.17) is 4.55 Å². The van der Waals surface area contributed by atoms with Crippen molar-refractivity contribution in [3.05, 3.63) is 0 Å². The smallest absolute Gasteiger partial charge is 0.266 e. The van der Waals surface area contributed by atoms with E-state index in [1.54, 1.807) is 0 Å². The fourth-order valence-corrected chi connectivity index (χ4v) is 9.11. The molecule has 4 saturated carbocycles. The van der Waals surface area contributed by atoms with Gasteiger partial charge in [0.2, 0.25) is 5.91 Å². The number of carbonyl (C=O) groups is 1. The second kappa shape index (κ2) is 9.18. The zero-order chi connectivity index (χ0) is 23.1. The molecule has 0 radical (unpaired) electrons. The van der Waals surface area contributed by atoms with Gasteiger partial charge in [-0.3, -0.25) is 9.35 Å². The SMILES string of the molecule is CC12CCCCC1CC(O)C1C2CCC2(C)C1CC[C@@H]2CCCC(=O)NCCS(=O)(=O)O. The molecule has 0 aliphatic heterocycles. The van der Waals surface area contributed by atoms with E-state index in [-0.39, 0.29) is 24.0 Å². The molecule has 6 nitrogen and oxygen atoms in total. The zero-order valence-corrected chi connectivity index (χ0v) is 20.7. The summed E-state index contributed by atoms with van der Waals surface area (Å²) in [4.78, 5) is 12.0. The number of fused-ring (bicyclic) bond motifs is 5. The quantitative estimate of drug-likeness (QED) is 0.485. The molecule has 184 valence electrons. The topological polar surface area (TPSA) is 104 Å². The molecule has 7 unspecified atom stereocenters. The molecule has 7 heteroatoms. The Bertz CT molecular complexity index is 800. The lowest BCUT2D eigenvalue weighted by atomic mass is 9.44. The summed E-state index contributed by atoms with van der Waals surface area (Å²) in [6.07, 6.45) is 13.3. The molecule has 0 heterocycles. The van der Waals surface area contributed by atoms with Gasteiger partial charge in [-0.15, -0.1) is 0 Å². The fraction of sp³-hybridized carbons (Fsp3) is 0.960. The summed E-state index contributed by atoms with van der Waals surface area (Å²) >= 11 is 0. The number of aliphatic hydroxyl groups excluding tert-OH is 1. The van der Waals surface area contributed by atoms with Crippen LogP contribution in [-0.4, -0.2) is 42.4 Å². The number of hydrogen-bond acceptors (Lipinski definition) is 4. The highest BCUT2D eigenvalue weighted by Gasteiger charge is 2.61. The molecular formula is C25H43NO5S. The van der Waals surface area contributed by atoms with Crippen molar-refractivity contribution in [1.29, 1.82) is 0 Å². The molecule has 4 aliphatic rings. The third-order valence-corrected chi connectivity index (χ3v) is 11.2. The lowest BCUT2D eigenvalue weighted by Gasteiger charge is -2.62. The van der Waals surface area contributed by atoms with Gasteiger partial charge in [0.1, 0.15) is 0 Å². The lowest BCUT2D eigenvalue weighted by Crippen LogP contribution is -2.57. The standard InChI is InChI=1S/C25H43NO5S/c1-24-12-4-3-6-18(24)16-21(27)23-19-10-9-17(25(19,2)13-11-20(23)24)7-5-8-22(28)26-14-15-32(29,30)31/h17-21,23,27H,3-16H2,1-2H3,(H,26,28)(H,29,30,31)/t17-,18?,19?,20?,21?,23?,24?,25?/m0/s1. The highest BCUT2D eigenvalue weighted by molar-refractivity contribution is 7.85. The summed E-state index contributed by atoms with van der Waals surface area (Å²) in [5, 5.41) is 13.9. The molecular weight excluding hydrogens is 426 g/mol. The molecule has 0 aromatic heterocycles. The maximum atomic E-state index is 12.0. The fourth-order valence-electron chi connectivity index (χ4n) is 8.75. The van der Waals surface area contributed by atoms with Gasteiger partial charge < -0.3 is 10.4 Å². The summed E-state index contributed by atoms with van der Waals surface area (Å²) in [6.45, 7) is 4.96. The van der Waals surface area contributed by atoms with Crippen molar-refractivity contribution in [2.24, 2.45) is 40.4 Å². The average molecular weight is 470 g/mol. The van der Waals surface area contributed by atoms with E-state index in [1.807, 2.05) is 0 Å². The van der Waals surface area contributed by atoms with Crippen LogP contribution < -0.4 is 5.32 Å². The Labute approximate surface area is 194 Å². The first kappa shape index (κ1) is 24.5. The van der Waals surface area contributed by atoms with E-state index in [0.717, 1.165) is 19.3 Å². The minimum absolute atomic E-state index is 0.0401. The van der Waals surface area contributed by atoms with Gasteiger partial charge in [0, 0.05) is 13.0 Å². The maximum Gasteiger partial charge on any atom is 0.266 e. The Morgan fingerprint density at radius 3 is 2.53 bits per heavy atom. The number of carbonyl (C=O) groups excluding carboxylic acids is 1. The van der Waals surface area contributed by atoms with E-state index >= 15 is 0 Å². The first-order chi connectivity index (χ1) is 15.0. The van der Waals surface area contributed by atoms with Crippen LogP contribution >= 0.6 is 0 Å². The van der Waals surface area contributed by atoms with E-state index < -0.39 is 15.9 Å². The Morgan fingerprint density at radius 1 is 1.03 bits per heavy atom. The van der Waals surface area contributed by atoms with Crippen LogP contribution in [0.25, 0.3) is 0 Å². The van der Waals surface area contributed by atoms with Gasteiger partial charge in [0.05, 0.1) is 11.9 Å². The molecule has 8 atom stereocenters. The molecule has 4 rings (SSSR count). The molecule has 4 fully saturated rings. The lowest BCUT2D eigenvalue weighted by molar-refractivity contribution is -0.162. The highest BCUT2D eigenvalue weighted by atomic mass is 32.2. The minimum Gasteiger partial charge on any atom is -0.393 e. The molecule has 0 aromatic carbocycles. The van der Waals surface area contributed by atoms with E-state index in [2.05, 4.69) is 19.2 Å². The van der Waals surface area contributed by atoms with Gasteiger partial charge in [0.15, 0.2) is 0 Å². The van der Waals surface area contributed by atoms with E-state index in [9.17, 15) is 18.3 Å². The monoisotopic (exact) mass is 469 g/mol. The predicted molar refractivity (Wildman–Crippen MR) is 125 cm³/mol. The Hall–Kier alpha value is -0.660. The summed E-state index contributed by atoms with van der Waals surface area (Å²) in [7, 11) is -4.04.